The quantitative estimate of drug-likeness (QED) is 0.0991. The monoisotopic (exact) mass is 595 g/mol. The fourth-order valence-corrected chi connectivity index (χ4v) is 3.16. The molecule has 11 nitrogen and oxygen atoms in total. The molecule has 42 heavy (non-hydrogen) atoms. The Morgan fingerprint density at radius 3 is 1.76 bits per heavy atom. The van der Waals surface area contributed by atoms with Crippen LogP contribution in [0.5, 0.6) is 11.5 Å². The highest BCUT2D eigenvalue weighted by Gasteiger charge is 2.46. The van der Waals surface area contributed by atoms with Gasteiger partial charge in [-0.05, 0) is 77.0 Å². The number of ether oxygens (including phenoxy) is 5. The molecule has 0 radical (unpaired) electrons. The van der Waals surface area contributed by atoms with E-state index in [1.54, 1.807) is 41.5 Å². The van der Waals surface area contributed by atoms with Gasteiger partial charge in [-0.2, -0.15) is 0 Å². The number of aliphatic carboxylic acids is 1. The first-order valence-electron chi connectivity index (χ1n) is 14.5. The van der Waals surface area contributed by atoms with Crippen LogP contribution in [0, 0.1) is 17.3 Å². The Bertz CT molecular complexity index is 1080. The third-order valence-corrected chi connectivity index (χ3v) is 7.43. The van der Waals surface area contributed by atoms with Crippen LogP contribution in [0.2, 0.25) is 0 Å². The van der Waals surface area contributed by atoms with E-state index >= 15 is 0 Å². The Kier molecular flexibility index (Phi) is 13.8. The van der Waals surface area contributed by atoms with Gasteiger partial charge in [-0.3, -0.25) is 10.1 Å². The third kappa shape index (κ3) is 10.8. The van der Waals surface area contributed by atoms with Crippen LogP contribution in [0.15, 0.2) is 18.2 Å². The van der Waals surface area contributed by atoms with Crippen LogP contribution < -0.4 is 14.8 Å². The lowest BCUT2D eigenvalue weighted by Gasteiger charge is -2.35. The molecule has 3 unspecified atom stereocenters. The summed E-state index contributed by atoms with van der Waals surface area (Å²) in [6, 6.07) is 3.84. The highest BCUT2D eigenvalue weighted by Crippen LogP contribution is 2.33. The van der Waals surface area contributed by atoms with Gasteiger partial charge in [-0.1, -0.05) is 47.6 Å². The van der Waals surface area contributed by atoms with Crippen LogP contribution >= 0.6 is 0 Å². The Morgan fingerprint density at radius 2 is 1.33 bits per heavy atom. The highest BCUT2D eigenvalue weighted by atomic mass is 16.8. The fraction of sp³-hybridized carbons (Fsp3) is 0.677. The first-order chi connectivity index (χ1) is 19.4. The van der Waals surface area contributed by atoms with Gasteiger partial charge in [0, 0.05) is 12.5 Å². The average Bonchev–Trinajstić information content (AvgIpc) is 2.89. The third-order valence-electron chi connectivity index (χ3n) is 7.43. The molecular formula is C31H49NO10. The van der Waals surface area contributed by atoms with Crippen LogP contribution in [0.3, 0.4) is 0 Å². The van der Waals surface area contributed by atoms with Gasteiger partial charge in [0.15, 0.2) is 11.5 Å². The number of esters is 1. The molecule has 11 heteroatoms. The second-order valence-electron chi connectivity index (χ2n) is 12.0. The number of nitrogens with one attached hydrogen (secondary N) is 1. The van der Waals surface area contributed by atoms with Crippen molar-refractivity contribution >= 4 is 24.2 Å². The normalized spacial score (nSPS) is 15.3. The second kappa shape index (κ2) is 15.8. The number of carbonyl (C=O) groups is 4. The van der Waals surface area contributed by atoms with E-state index in [0.717, 1.165) is 0 Å². The summed E-state index contributed by atoms with van der Waals surface area (Å²) in [4.78, 5) is 50.9. The van der Waals surface area contributed by atoms with Crippen LogP contribution in [0.4, 0.5) is 9.59 Å². The predicted octanol–water partition coefficient (Wildman–Crippen LogP) is 6.50. The van der Waals surface area contributed by atoms with Crippen molar-refractivity contribution in [2.24, 2.45) is 17.3 Å². The highest BCUT2D eigenvalue weighted by molar-refractivity contribution is 5.84. The molecule has 1 rings (SSSR count). The second-order valence-corrected chi connectivity index (χ2v) is 12.0. The van der Waals surface area contributed by atoms with Crippen LogP contribution in [-0.4, -0.2) is 53.3 Å². The van der Waals surface area contributed by atoms with Crippen LogP contribution in [-0.2, 0) is 30.2 Å². The van der Waals surface area contributed by atoms with Crippen molar-refractivity contribution in [1.29, 1.82) is 0 Å². The van der Waals surface area contributed by atoms with Crippen molar-refractivity contribution in [1.82, 2.24) is 5.32 Å². The number of rotatable bonds is 15. The molecule has 0 aliphatic carbocycles. The minimum Gasteiger partial charge on any atom is -0.477 e. The summed E-state index contributed by atoms with van der Waals surface area (Å²) < 4.78 is 27.1. The van der Waals surface area contributed by atoms with Crippen molar-refractivity contribution in [3.8, 4) is 11.5 Å². The van der Waals surface area contributed by atoms with E-state index < -0.39 is 47.6 Å². The molecular weight excluding hydrogens is 546 g/mol. The Hall–Kier alpha value is -3.34. The largest absolute Gasteiger partial charge is 0.514 e. The molecule has 4 atom stereocenters. The lowest BCUT2D eigenvalue weighted by Crippen LogP contribution is -2.60. The summed E-state index contributed by atoms with van der Waals surface area (Å²) in [5, 5.41) is 13.3. The van der Waals surface area contributed by atoms with Gasteiger partial charge in [-0.25, -0.2) is 14.4 Å². The van der Waals surface area contributed by atoms with Crippen molar-refractivity contribution in [2.75, 3.05) is 0 Å². The van der Waals surface area contributed by atoms with Crippen molar-refractivity contribution in [3.05, 3.63) is 23.8 Å². The van der Waals surface area contributed by atoms with Gasteiger partial charge in [0.05, 0.1) is 5.41 Å². The van der Waals surface area contributed by atoms with Crippen LogP contribution in [0.1, 0.15) is 94.6 Å². The van der Waals surface area contributed by atoms with E-state index in [4.69, 9.17) is 23.7 Å². The van der Waals surface area contributed by atoms with E-state index in [1.807, 2.05) is 34.6 Å². The van der Waals surface area contributed by atoms with Gasteiger partial charge in [0.25, 0.3) is 5.72 Å². The topological polar surface area (TPSA) is 147 Å². The number of carboxylic acid groups (broad SMARTS) is 1. The van der Waals surface area contributed by atoms with Gasteiger partial charge < -0.3 is 28.8 Å². The molecule has 0 aliphatic rings. The maximum absolute atomic E-state index is 13.1. The molecule has 0 fully saturated rings. The summed E-state index contributed by atoms with van der Waals surface area (Å²) >= 11 is 0. The zero-order valence-corrected chi connectivity index (χ0v) is 26.9. The lowest BCUT2D eigenvalue weighted by molar-refractivity contribution is -0.191. The molecule has 0 heterocycles. The van der Waals surface area contributed by atoms with Gasteiger partial charge in [-0.15, -0.1) is 0 Å². The van der Waals surface area contributed by atoms with Crippen molar-refractivity contribution in [3.63, 3.8) is 0 Å². The molecule has 0 spiro atoms. The molecule has 2 N–H and O–H groups in total. The molecule has 0 saturated carbocycles. The smallest absolute Gasteiger partial charge is 0.477 e. The van der Waals surface area contributed by atoms with Gasteiger partial charge in [0.2, 0.25) is 0 Å². The first-order valence-corrected chi connectivity index (χ1v) is 14.5. The standard InChI is InChI=1S/C31H49NO10/c1-12-20(7)32-31(26(33)34,42-27(35)30(10,11)13-2)17-23-14-15-24(40-28(36)38-21(8)18(3)4)25(16-23)41-29(37)39-22(9)19(5)6/h14-16,18-22,32H,12-13,17H2,1-11H3,(H,33,34)/t20?,21?,22?,31-/m0/s1. The summed E-state index contributed by atoms with van der Waals surface area (Å²) in [6.45, 7) is 19.7. The van der Waals surface area contributed by atoms with Gasteiger partial charge in [0.1, 0.15) is 12.2 Å². The summed E-state index contributed by atoms with van der Waals surface area (Å²) in [7, 11) is 0. The number of carbonyl (C=O) groups excluding carboxylic acids is 3. The zero-order valence-electron chi connectivity index (χ0n) is 26.9. The minimum absolute atomic E-state index is 0.0111. The molecule has 0 aliphatic heterocycles. The van der Waals surface area contributed by atoms with E-state index in [2.05, 4.69) is 5.32 Å². The van der Waals surface area contributed by atoms with E-state index in [-0.39, 0.29) is 35.8 Å². The number of hydrogen-bond donors (Lipinski definition) is 2. The predicted molar refractivity (Wildman–Crippen MR) is 156 cm³/mol. The number of carboxylic acids is 1. The molecule has 0 saturated heterocycles. The van der Waals surface area contributed by atoms with E-state index in [9.17, 15) is 24.3 Å². The SMILES string of the molecule is CCC(C)N[C@@](Cc1ccc(OC(=O)OC(C)C(C)C)c(OC(=O)OC(C)C(C)C)c1)(OC(=O)C(C)(C)CC)C(=O)O. The fourth-order valence-electron chi connectivity index (χ4n) is 3.16. The summed E-state index contributed by atoms with van der Waals surface area (Å²) in [5.74, 6) is -2.39. The molecule has 1 aromatic carbocycles. The Balaban J connectivity index is 3.55. The van der Waals surface area contributed by atoms with Gasteiger partial charge >= 0.3 is 24.2 Å². The minimum atomic E-state index is -2.14. The lowest BCUT2D eigenvalue weighted by atomic mass is 9.90. The van der Waals surface area contributed by atoms with E-state index in [1.165, 1.54) is 18.2 Å². The molecule has 0 amide bonds. The number of benzene rings is 1. The van der Waals surface area contributed by atoms with E-state index in [0.29, 0.717) is 18.4 Å². The Labute approximate surface area is 249 Å². The van der Waals surface area contributed by atoms with Crippen LogP contribution in [0.25, 0.3) is 0 Å². The summed E-state index contributed by atoms with van der Waals surface area (Å²) in [6.07, 6.45) is -2.31. The molecule has 1 aromatic rings. The molecule has 0 aromatic heterocycles. The molecule has 238 valence electrons. The van der Waals surface area contributed by atoms with Crippen molar-refractivity contribution in [2.45, 2.75) is 119 Å². The zero-order chi connectivity index (χ0) is 32.4. The first kappa shape index (κ1) is 36.7. The average molecular weight is 596 g/mol. The van der Waals surface area contributed by atoms with Crippen molar-refractivity contribution < 1.29 is 48.0 Å². The summed E-state index contributed by atoms with van der Waals surface area (Å²) in [5.41, 5.74) is -2.77. The maximum Gasteiger partial charge on any atom is 0.514 e. The maximum atomic E-state index is 13.1. The molecule has 0 bridgehead atoms. The Morgan fingerprint density at radius 1 is 0.833 bits per heavy atom. The number of hydrogen-bond acceptors (Lipinski definition) is 10.